The molecule has 3 rings (SSSR count). The van der Waals surface area contributed by atoms with Crippen molar-refractivity contribution in [3.05, 3.63) is 28.0 Å². The van der Waals surface area contributed by atoms with E-state index in [1.54, 1.807) is 25.2 Å². The zero-order valence-corrected chi connectivity index (χ0v) is 14.2. The van der Waals surface area contributed by atoms with E-state index in [1.165, 1.54) is 4.31 Å². The minimum Gasteiger partial charge on any atom is -0.360 e. The lowest BCUT2D eigenvalue weighted by Crippen LogP contribution is -2.48. The van der Waals surface area contributed by atoms with Gasteiger partial charge in [0.2, 0.25) is 10.0 Å². The molecule has 0 unspecified atom stereocenters. The molecule has 2 aromatic rings. The van der Waals surface area contributed by atoms with E-state index in [1.807, 2.05) is 10.9 Å². The fourth-order valence-electron chi connectivity index (χ4n) is 2.64. The summed E-state index contributed by atoms with van der Waals surface area (Å²) in [6.45, 7) is 6.38. The van der Waals surface area contributed by atoms with Crippen molar-refractivity contribution in [3.8, 4) is 0 Å². The predicted octanol–water partition coefficient (Wildman–Crippen LogP) is 1.25. The predicted molar refractivity (Wildman–Crippen MR) is 82.1 cm³/mol. The van der Waals surface area contributed by atoms with Crippen LogP contribution in [0.4, 0.5) is 0 Å². The lowest BCUT2D eigenvalue weighted by molar-refractivity contribution is 0.180. The number of rotatable bonds is 4. The Morgan fingerprint density at radius 3 is 2.55 bits per heavy atom. The van der Waals surface area contributed by atoms with Gasteiger partial charge in [-0.15, -0.1) is 11.3 Å². The normalized spacial score (nSPS) is 17.9. The van der Waals surface area contributed by atoms with Crippen molar-refractivity contribution in [2.45, 2.75) is 25.3 Å². The first-order valence-electron chi connectivity index (χ1n) is 7.01. The Balaban J connectivity index is 1.68. The Morgan fingerprint density at radius 1 is 1.27 bits per heavy atom. The van der Waals surface area contributed by atoms with E-state index in [2.05, 4.69) is 15.0 Å². The molecule has 1 saturated heterocycles. The molecular formula is C13H18N4O3S2. The van der Waals surface area contributed by atoms with Gasteiger partial charge in [-0.1, -0.05) is 5.16 Å². The zero-order chi connectivity index (χ0) is 15.7. The third-order valence-corrected chi connectivity index (χ3v) is 6.55. The van der Waals surface area contributed by atoms with Gasteiger partial charge in [-0.25, -0.2) is 13.4 Å². The maximum absolute atomic E-state index is 12.7. The summed E-state index contributed by atoms with van der Waals surface area (Å²) in [6, 6.07) is 0. The molecule has 0 aliphatic carbocycles. The molecule has 0 amide bonds. The number of aromatic nitrogens is 2. The Morgan fingerprint density at radius 2 is 2.00 bits per heavy atom. The molecule has 1 aliphatic heterocycles. The van der Waals surface area contributed by atoms with Crippen LogP contribution in [0.25, 0.3) is 0 Å². The zero-order valence-electron chi connectivity index (χ0n) is 12.5. The van der Waals surface area contributed by atoms with Gasteiger partial charge in [0.05, 0.1) is 11.2 Å². The quantitative estimate of drug-likeness (QED) is 0.832. The highest BCUT2D eigenvalue weighted by Gasteiger charge is 2.33. The Kier molecular flexibility index (Phi) is 4.31. The first kappa shape index (κ1) is 15.6. The molecule has 22 heavy (non-hydrogen) atoms. The van der Waals surface area contributed by atoms with Gasteiger partial charge in [0.25, 0.3) is 0 Å². The van der Waals surface area contributed by atoms with Crippen LogP contribution in [-0.2, 0) is 16.6 Å². The van der Waals surface area contributed by atoms with Crippen LogP contribution in [0.5, 0.6) is 0 Å². The highest BCUT2D eigenvalue weighted by Crippen LogP contribution is 2.24. The number of sulfonamides is 1. The summed E-state index contributed by atoms with van der Waals surface area (Å²) in [5.74, 6) is 0.349. The highest BCUT2D eigenvalue weighted by atomic mass is 32.2. The van der Waals surface area contributed by atoms with Crippen LogP contribution in [0.2, 0.25) is 0 Å². The third-order valence-electron chi connectivity index (χ3n) is 3.77. The molecule has 7 nitrogen and oxygen atoms in total. The van der Waals surface area contributed by atoms with Crippen molar-refractivity contribution in [2.75, 3.05) is 26.2 Å². The Labute approximate surface area is 133 Å². The summed E-state index contributed by atoms with van der Waals surface area (Å²) >= 11 is 1.57. The molecule has 3 heterocycles. The van der Waals surface area contributed by atoms with E-state index in [0.717, 1.165) is 12.2 Å². The van der Waals surface area contributed by atoms with Gasteiger partial charge in [0, 0.05) is 38.1 Å². The van der Waals surface area contributed by atoms with Crippen LogP contribution < -0.4 is 0 Å². The second-order valence-electron chi connectivity index (χ2n) is 5.31. The maximum Gasteiger partial charge on any atom is 0.248 e. The number of hydrogen-bond acceptors (Lipinski definition) is 7. The largest absolute Gasteiger partial charge is 0.360 e. The van der Waals surface area contributed by atoms with Crippen LogP contribution in [-0.4, -0.2) is 53.9 Å². The average molecular weight is 342 g/mol. The van der Waals surface area contributed by atoms with Crippen LogP contribution in [0.15, 0.2) is 20.3 Å². The van der Waals surface area contributed by atoms with Gasteiger partial charge in [-0.2, -0.15) is 4.31 Å². The molecule has 0 bridgehead atoms. The minimum atomic E-state index is -3.53. The van der Waals surface area contributed by atoms with Crippen molar-refractivity contribution in [2.24, 2.45) is 0 Å². The summed E-state index contributed by atoms with van der Waals surface area (Å²) < 4.78 is 31.9. The lowest BCUT2D eigenvalue weighted by atomic mass is 10.3. The summed E-state index contributed by atoms with van der Waals surface area (Å²) in [5.41, 5.74) is 3.27. The lowest BCUT2D eigenvalue weighted by Gasteiger charge is -2.33. The maximum atomic E-state index is 12.7. The number of thiazole rings is 1. The summed E-state index contributed by atoms with van der Waals surface area (Å²) in [7, 11) is -3.53. The second-order valence-corrected chi connectivity index (χ2v) is 7.91. The Bertz CT molecular complexity index is 712. The van der Waals surface area contributed by atoms with Crippen LogP contribution in [0.3, 0.4) is 0 Å². The van der Waals surface area contributed by atoms with Crippen molar-refractivity contribution in [1.29, 1.82) is 0 Å². The molecule has 2 aromatic heterocycles. The van der Waals surface area contributed by atoms with Crippen LogP contribution >= 0.6 is 11.3 Å². The fraction of sp³-hybridized carbons (Fsp3) is 0.538. The van der Waals surface area contributed by atoms with Crippen LogP contribution in [0.1, 0.15) is 17.1 Å². The molecule has 0 aromatic carbocycles. The first-order chi connectivity index (χ1) is 10.5. The van der Waals surface area contributed by atoms with Gasteiger partial charge in [-0.05, 0) is 13.8 Å². The number of nitrogens with zero attached hydrogens (tertiary/aromatic N) is 4. The van der Waals surface area contributed by atoms with Gasteiger partial charge in [0.15, 0.2) is 5.76 Å². The first-order valence-corrected chi connectivity index (χ1v) is 9.39. The third kappa shape index (κ3) is 2.94. The highest BCUT2D eigenvalue weighted by molar-refractivity contribution is 7.89. The van der Waals surface area contributed by atoms with E-state index in [-0.39, 0.29) is 4.90 Å². The second kappa shape index (κ2) is 6.07. The number of piperazine rings is 1. The molecule has 9 heteroatoms. The van der Waals surface area contributed by atoms with Crippen LogP contribution in [0, 0.1) is 13.8 Å². The van der Waals surface area contributed by atoms with Gasteiger partial charge < -0.3 is 4.52 Å². The Hall–Kier alpha value is -1.29. The monoisotopic (exact) mass is 342 g/mol. The standard InChI is InChI=1S/C13H18N4O3S2/c1-10-13(11(2)20-15-10)22(18,19)17-5-3-16(4-6-17)7-12-8-21-9-14-12/h8-9H,3-7H2,1-2H3. The van der Waals surface area contributed by atoms with Crippen molar-refractivity contribution in [1.82, 2.24) is 19.3 Å². The molecule has 0 spiro atoms. The molecule has 1 aliphatic rings. The van der Waals surface area contributed by atoms with E-state index in [0.29, 0.717) is 37.6 Å². The van der Waals surface area contributed by atoms with Crippen molar-refractivity contribution in [3.63, 3.8) is 0 Å². The average Bonchev–Trinajstić information content (AvgIpc) is 3.10. The van der Waals surface area contributed by atoms with E-state index in [4.69, 9.17) is 4.52 Å². The number of hydrogen-bond donors (Lipinski definition) is 0. The summed E-state index contributed by atoms with van der Waals surface area (Å²) in [6.07, 6.45) is 0. The summed E-state index contributed by atoms with van der Waals surface area (Å²) in [5, 5.41) is 5.76. The van der Waals surface area contributed by atoms with Gasteiger partial charge in [0.1, 0.15) is 10.6 Å². The van der Waals surface area contributed by atoms with Crippen molar-refractivity contribution < 1.29 is 12.9 Å². The van der Waals surface area contributed by atoms with E-state index >= 15 is 0 Å². The summed E-state index contributed by atoms with van der Waals surface area (Å²) in [4.78, 5) is 6.69. The van der Waals surface area contributed by atoms with E-state index in [9.17, 15) is 8.42 Å². The number of aryl methyl sites for hydroxylation is 2. The fourth-order valence-corrected chi connectivity index (χ4v) is 4.91. The molecule has 0 radical (unpaired) electrons. The smallest absolute Gasteiger partial charge is 0.248 e. The molecule has 120 valence electrons. The van der Waals surface area contributed by atoms with Crippen molar-refractivity contribution >= 4 is 21.4 Å². The van der Waals surface area contributed by atoms with Gasteiger partial charge >= 0.3 is 0 Å². The molecule has 1 fully saturated rings. The molecule has 0 atom stereocenters. The van der Waals surface area contributed by atoms with Gasteiger partial charge in [-0.3, -0.25) is 4.90 Å². The molecule has 0 N–H and O–H groups in total. The molecular weight excluding hydrogens is 324 g/mol. The van der Waals surface area contributed by atoms with E-state index < -0.39 is 10.0 Å². The minimum absolute atomic E-state index is 0.209. The SMILES string of the molecule is Cc1noc(C)c1S(=O)(=O)N1CCN(Cc2cscn2)CC1. The topological polar surface area (TPSA) is 79.5 Å². The molecule has 0 saturated carbocycles.